The molecule has 0 atom stereocenters. The molecular formula is C19H17ClN2OS. The number of hydrogen-bond acceptors (Lipinski definition) is 4. The molecule has 0 bridgehead atoms. The summed E-state index contributed by atoms with van der Waals surface area (Å²) in [5.41, 5.74) is 3.96. The van der Waals surface area contributed by atoms with E-state index in [4.69, 9.17) is 11.6 Å². The van der Waals surface area contributed by atoms with E-state index in [2.05, 4.69) is 9.97 Å². The number of aromatic nitrogens is 2. The van der Waals surface area contributed by atoms with Gasteiger partial charge in [-0.3, -0.25) is 9.78 Å². The fourth-order valence-electron chi connectivity index (χ4n) is 2.42. The molecule has 0 aliphatic heterocycles. The van der Waals surface area contributed by atoms with Crippen LogP contribution < -0.4 is 0 Å². The maximum absolute atomic E-state index is 12.2. The molecule has 0 N–H and O–H groups in total. The smallest absolute Gasteiger partial charge is 0.193 e. The van der Waals surface area contributed by atoms with Gasteiger partial charge in [-0.25, -0.2) is 4.98 Å². The van der Waals surface area contributed by atoms with Crippen molar-refractivity contribution in [1.29, 1.82) is 0 Å². The molecule has 0 unspecified atom stereocenters. The number of carbonyl (C=O) groups excluding carboxylic acids is 1. The standard InChI is InChI=1S/C19H17ClN2OS/c1-11(2)18(23)19-22-10-17(24-19)14-6-7-21-9-15(14)13-5-4-12(3)8-16(13)20/h4-11H,1-3H3. The van der Waals surface area contributed by atoms with Gasteiger partial charge < -0.3 is 0 Å². The Labute approximate surface area is 150 Å². The molecule has 3 rings (SSSR count). The second kappa shape index (κ2) is 6.83. The van der Waals surface area contributed by atoms with Gasteiger partial charge in [-0.15, -0.1) is 11.3 Å². The van der Waals surface area contributed by atoms with Gasteiger partial charge in [-0.1, -0.05) is 37.6 Å². The molecule has 122 valence electrons. The molecule has 3 nitrogen and oxygen atoms in total. The number of carbonyl (C=O) groups is 1. The zero-order chi connectivity index (χ0) is 17.3. The van der Waals surface area contributed by atoms with Gasteiger partial charge in [0.25, 0.3) is 0 Å². The van der Waals surface area contributed by atoms with E-state index in [0.717, 1.165) is 27.1 Å². The number of rotatable bonds is 4. The van der Waals surface area contributed by atoms with E-state index >= 15 is 0 Å². The lowest BCUT2D eigenvalue weighted by molar-refractivity contribution is 0.0939. The van der Waals surface area contributed by atoms with Crippen molar-refractivity contribution in [1.82, 2.24) is 9.97 Å². The number of aryl methyl sites for hydroxylation is 1. The largest absolute Gasteiger partial charge is 0.291 e. The third kappa shape index (κ3) is 3.25. The molecule has 0 spiro atoms. The average molecular weight is 357 g/mol. The number of hydrogen-bond donors (Lipinski definition) is 0. The predicted molar refractivity (Wildman–Crippen MR) is 99.7 cm³/mol. The first-order valence-electron chi connectivity index (χ1n) is 7.68. The summed E-state index contributed by atoms with van der Waals surface area (Å²) in [5, 5.41) is 1.23. The Morgan fingerprint density at radius 3 is 2.62 bits per heavy atom. The molecule has 0 radical (unpaired) electrons. The summed E-state index contributed by atoms with van der Waals surface area (Å²) in [6.45, 7) is 5.77. The quantitative estimate of drug-likeness (QED) is 0.565. The molecule has 0 saturated carbocycles. The van der Waals surface area contributed by atoms with Crippen LogP contribution in [0, 0.1) is 12.8 Å². The van der Waals surface area contributed by atoms with Crippen LogP contribution in [0.5, 0.6) is 0 Å². The van der Waals surface area contributed by atoms with Crippen molar-refractivity contribution in [2.24, 2.45) is 5.92 Å². The fourth-order valence-corrected chi connectivity index (χ4v) is 3.80. The van der Waals surface area contributed by atoms with E-state index in [1.165, 1.54) is 11.3 Å². The first-order valence-corrected chi connectivity index (χ1v) is 8.87. The predicted octanol–water partition coefficient (Wildman–Crippen LogP) is 5.67. The zero-order valence-corrected chi connectivity index (χ0v) is 15.3. The van der Waals surface area contributed by atoms with E-state index in [9.17, 15) is 4.79 Å². The Kier molecular flexibility index (Phi) is 4.78. The minimum atomic E-state index is -0.0625. The summed E-state index contributed by atoms with van der Waals surface area (Å²) in [6.07, 6.45) is 5.29. The summed E-state index contributed by atoms with van der Waals surface area (Å²) < 4.78 is 0. The highest BCUT2D eigenvalue weighted by molar-refractivity contribution is 7.17. The summed E-state index contributed by atoms with van der Waals surface area (Å²) in [4.78, 5) is 21.6. The van der Waals surface area contributed by atoms with Crippen LogP contribution in [0.25, 0.3) is 21.6 Å². The topological polar surface area (TPSA) is 42.9 Å². The van der Waals surface area contributed by atoms with Gasteiger partial charge in [0.05, 0.1) is 4.88 Å². The van der Waals surface area contributed by atoms with Crippen LogP contribution in [0.4, 0.5) is 0 Å². The highest BCUT2D eigenvalue weighted by Crippen LogP contribution is 2.38. The van der Waals surface area contributed by atoms with Gasteiger partial charge >= 0.3 is 0 Å². The van der Waals surface area contributed by atoms with Crippen molar-refractivity contribution >= 4 is 28.7 Å². The number of nitrogens with zero attached hydrogens (tertiary/aromatic N) is 2. The van der Waals surface area contributed by atoms with Gasteiger partial charge in [-0.2, -0.15) is 0 Å². The third-order valence-corrected chi connectivity index (χ3v) is 5.10. The molecule has 0 amide bonds. The van der Waals surface area contributed by atoms with E-state index in [1.54, 1.807) is 18.6 Å². The number of thiazole rings is 1. The molecule has 3 aromatic rings. The lowest BCUT2D eigenvalue weighted by atomic mass is 10.0. The van der Waals surface area contributed by atoms with Crippen molar-refractivity contribution in [3.8, 4) is 21.6 Å². The highest BCUT2D eigenvalue weighted by Gasteiger charge is 2.18. The maximum atomic E-state index is 12.2. The van der Waals surface area contributed by atoms with Gasteiger partial charge in [0.1, 0.15) is 0 Å². The monoisotopic (exact) mass is 356 g/mol. The Balaban J connectivity index is 2.09. The van der Waals surface area contributed by atoms with Crippen LogP contribution in [0.2, 0.25) is 5.02 Å². The summed E-state index contributed by atoms with van der Waals surface area (Å²) >= 11 is 7.84. The Hall–Kier alpha value is -2.04. The van der Waals surface area contributed by atoms with E-state index in [0.29, 0.717) is 10.0 Å². The molecule has 24 heavy (non-hydrogen) atoms. The van der Waals surface area contributed by atoms with Crippen LogP contribution in [0.1, 0.15) is 29.2 Å². The van der Waals surface area contributed by atoms with Crippen molar-refractivity contribution in [3.63, 3.8) is 0 Å². The van der Waals surface area contributed by atoms with Crippen LogP contribution >= 0.6 is 22.9 Å². The summed E-state index contributed by atoms with van der Waals surface area (Å²) in [6, 6.07) is 7.90. The zero-order valence-electron chi connectivity index (χ0n) is 13.7. The Morgan fingerprint density at radius 2 is 1.92 bits per heavy atom. The van der Waals surface area contributed by atoms with Gasteiger partial charge in [0.15, 0.2) is 10.8 Å². The minimum Gasteiger partial charge on any atom is -0.291 e. The van der Waals surface area contributed by atoms with Crippen molar-refractivity contribution in [2.75, 3.05) is 0 Å². The van der Waals surface area contributed by atoms with Crippen molar-refractivity contribution < 1.29 is 4.79 Å². The van der Waals surface area contributed by atoms with Crippen LogP contribution in [0.3, 0.4) is 0 Å². The van der Waals surface area contributed by atoms with Gasteiger partial charge in [-0.05, 0) is 24.6 Å². The Bertz CT molecular complexity index is 902. The number of ketones is 1. The van der Waals surface area contributed by atoms with Crippen LogP contribution in [-0.2, 0) is 0 Å². The fraction of sp³-hybridized carbons (Fsp3) is 0.211. The van der Waals surface area contributed by atoms with E-state index in [-0.39, 0.29) is 11.7 Å². The minimum absolute atomic E-state index is 0.0625. The third-order valence-electron chi connectivity index (χ3n) is 3.74. The van der Waals surface area contributed by atoms with Crippen molar-refractivity contribution in [3.05, 3.63) is 58.4 Å². The first-order chi connectivity index (χ1) is 11.5. The molecular weight excluding hydrogens is 340 g/mol. The normalized spacial score (nSPS) is 11.0. The van der Waals surface area contributed by atoms with Gasteiger partial charge in [0, 0.05) is 46.2 Å². The lowest BCUT2D eigenvalue weighted by Crippen LogP contribution is -2.06. The number of Topliss-reactive ketones (excluding diaryl/α,β-unsaturated/α-hetero) is 1. The van der Waals surface area contributed by atoms with Crippen molar-refractivity contribution in [2.45, 2.75) is 20.8 Å². The van der Waals surface area contributed by atoms with E-state index in [1.807, 2.05) is 45.0 Å². The first kappa shape index (κ1) is 16.8. The molecule has 5 heteroatoms. The van der Waals surface area contributed by atoms with Crippen LogP contribution in [-0.4, -0.2) is 15.8 Å². The van der Waals surface area contributed by atoms with Gasteiger partial charge in [0.2, 0.25) is 0 Å². The second-order valence-corrected chi connectivity index (χ2v) is 7.39. The molecule has 0 aliphatic carbocycles. The number of benzene rings is 1. The molecule has 0 aliphatic rings. The molecule has 2 aromatic heterocycles. The highest BCUT2D eigenvalue weighted by atomic mass is 35.5. The van der Waals surface area contributed by atoms with E-state index < -0.39 is 0 Å². The Morgan fingerprint density at radius 1 is 1.12 bits per heavy atom. The van der Waals surface area contributed by atoms with Crippen LogP contribution in [0.15, 0.2) is 42.9 Å². The summed E-state index contributed by atoms with van der Waals surface area (Å²) in [5.74, 6) is 0.00248. The second-order valence-electron chi connectivity index (χ2n) is 5.95. The average Bonchev–Trinajstić information content (AvgIpc) is 3.04. The molecule has 0 fully saturated rings. The molecule has 1 aromatic carbocycles. The molecule has 2 heterocycles. The number of pyridine rings is 1. The summed E-state index contributed by atoms with van der Waals surface area (Å²) in [7, 11) is 0. The number of halogens is 1. The maximum Gasteiger partial charge on any atom is 0.193 e. The molecule has 0 saturated heterocycles. The lowest BCUT2D eigenvalue weighted by Gasteiger charge is -2.09. The SMILES string of the molecule is Cc1ccc(-c2cnccc2-c2cnc(C(=O)C(C)C)s2)c(Cl)c1.